The van der Waals surface area contributed by atoms with Crippen LogP contribution in [0, 0.1) is 11.8 Å². The Bertz CT molecular complexity index is 1940. The van der Waals surface area contributed by atoms with Crippen LogP contribution >= 0.6 is 15.6 Å². The van der Waals surface area contributed by atoms with Gasteiger partial charge in [-0.15, -0.1) is 0 Å². The molecule has 0 rings (SSSR count). The minimum absolute atomic E-state index is 0.107. The lowest BCUT2D eigenvalue weighted by molar-refractivity contribution is -0.161. The molecule has 17 nitrogen and oxygen atoms in total. The van der Waals surface area contributed by atoms with Crippen molar-refractivity contribution in [1.82, 2.24) is 0 Å². The van der Waals surface area contributed by atoms with Crippen molar-refractivity contribution < 1.29 is 80.2 Å². The molecule has 0 aliphatic rings. The van der Waals surface area contributed by atoms with Crippen molar-refractivity contribution in [2.75, 3.05) is 39.6 Å². The van der Waals surface area contributed by atoms with Crippen LogP contribution in [0.4, 0.5) is 0 Å². The predicted octanol–water partition coefficient (Wildman–Crippen LogP) is 24.7. The molecule has 0 heterocycles. The molecule has 19 heteroatoms. The van der Waals surface area contributed by atoms with Crippen LogP contribution in [0.15, 0.2) is 0 Å². The highest BCUT2D eigenvalue weighted by molar-refractivity contribution is 7.47. The van der Waals surface area contributed by atoms with E-state index >= 15 is 0 Å². The number of aliphatic hydroxyl groups excluding tert-OH is 1. The summed E-state index contributed by atoms with van der Waals surface area (Å²) in [7, 11) is -9.92. The lowest BCUT2D eigenvalue weighted by Crippen LogP contribution is -2.30. The molecule has 0 saturated carbocycles. The van der Waals surface area contributed by atoms with E-state index < -0.39 is 97.5 Å². The summed E-state index contributed by atoms with van der Waals surface area (Å²) >= 11 is 0. The van der Waals surface area contributed by atoms with Gasteiger partial charge in [0, 0.05) is 25.7 Å². The minimum Gasteiger partial charge on any atom is -0.462 e. The zero-order chi connectivity index (χ0) is 74.2. The third kappa shape index (κ3) is 76.1. The van der Waals surface area contributed by atoms with Gasteiger partial charge in [0.05, 0.1) is 26.4 Å². The standard InChI is InChI=1S/C82H160O17P2/c1-7-9-11-13-15-17-19-21-23-24-25-26-27-28-29-33-38-42-48-55-61-67-81(86)98-77(70-92-79(84)64-58-52-46-40-36-34-30-31-35-39-44-50-56-62-74(3)4)72-96-100(88,89)94-68-76(83)69-95-101(90,91)97-73-78(71-93-80(85)65-59-53-49-43-45-51-57-63-75(5)6)99-82(87)66-60-54-47-41-37-32-22-20-18-16-14-12-10-8-2/h74-78,83H,7-73H2,1-6H3,(H,88,89)(H,90,91)/t76-,77-,78-/m1/s1. The van der Waals surface area contributed by atoms with Gasteiger partial charge in [-0.25, -0.2) is 9.13 Å². The van der Waals surface area contributed by atoms with E-state index in [1.807, 2.05) is 0 Å². The summed E-state index contributed by atoms with van der Waals surface area (Å²) in [5.74, 6) is -0.612. The maximum absolute atomic E-state index is 13.1. The molecule has 0 aliphatic heterocycles. The van der Waals surface area contributed by atoms with Crippen molar-refractivity contribution in [3.63, 3.8) is 0 Å². The molecule has 0 spiro atoms. The zero-order valence-electron chi connectivity index (χ0n) is 66.2. The van der Waals surface area contributed by atoms with Gasteiger partial charge in [-0.2, -0.15) is 0 Å². The second-order valence-electron chi connectivity index (χ2n) is 30.5. The minimum atomic E-state index is -4.96. The Balaban J connectivity index is 5.22. The molecule has 101 heavy (non-hydrogen) atoms. The molecule has 2 unspecified atom stereocenters. The van der Waals surface area contributed by atoms with Crippen LogP contribution in [0.3, 0.4) is 0 Å². The van der Waals surface area contributed by atoms with Gasteiger partial charge in [0.15, 0.2) is 12.2 Å². The van der Waals surface area contributed by atoms with E-state index in [0.29, 0.717) is 31.6 Å². The van der Waals surface area contributed by atoms with Crippen molar-refractivity contribution >= 4 is 39.5 Å². The first kappa shape index (κ1) is 99.1. The van der Waals surface area contributed by atoms with E-state index in [4.69, 9.17) is 37.0 Å². The van der Waals surface area contributed by atoms with E-state index in [2.05, 4.69) is 41.5 Å². The fourth-order valence-corrected chi connectivity index (χ4v) is 14.3. The monoisotopic (exact) mass is 1480 g/mol. The van der Waals surface area contributed by atoms with Gasteiger partial charge in [0.2, 0.25) is 0 Å². The van der Waals surface area contributed by atoms with E-state index in [0.717, 1.165) is 102 Å². The van der Waals surface area contributed by atoms with Crippen LogP contribution in [-0.2, 0) is 65.4 Å². The van der Waals surface area contributed by atoms with Crippen LogP contribution < -0.4 is 0 Å². The number of rotatable bonds is 81. The molecule has 0 fully saturated rings. The first-order chi connectivity index (χ1) is 48.9. The number of esters is 4. The van der Waals surface area contributed by atoms with Crippen molar-refractivity contribution in [2.45, 2.75) is 452 Å². The van der Waals surface area contributed by atoms with Gasteiger partial charge < -0.3 is 33.8 Å². The summed E-state index contributed by atoms with van der Waals surface area (Å²) < 4.78 is 68.7. The van der Waals surface area contributed by atoms with Crippen LogP contribution in [0.25, 0.3) is 0 Å². The molecular formula is C82H160O17P2. The predicted molar refractivity (Wildman–Crippen MR) is 414 cm³/mol. The molecule has 0 bridgehead atoms. The maximum atomic E-state index is 13.1. The molecule has 600 valence electrons. The Morgan fingerprint density at radius 3 is 0.673 bits per heavy atom. The van der Waals surface area contributed by atoms with Gasteiger partial charge in [-0.1, -0.05) is 382 Å². The third-order valence-electron chi connectivity index (χ3n) is 19.2. The molecule has 0 aromatic heterocycles. The Labute approximate surface area is 619 Å². The second-order valence-corrected chi connectivity index (χ2v) is 33.4. The van der Waals surface area contributed by atoms with Gasteiger partial charge in [-0.05, 0) is 37.5 Å². The number of hydrogen-bond acceptors (Lipinski definition) is 15. The normalized spacial score (nSPS) is 13.9. The Kier molecular flexibility index (Phi) is 72.2. The number of unbranched alkanes of at least 4 members (excludes halogenated alkanes) is 51. The van der Waals surface area contributed by atoms with Gasteiger partial charge in [-0.3, -0.25) is 37.3 Å². The molecule has 0 aromatic rings. The fourth-order valence-electron chi connectivity index (χ4n) is 12.7. The molecule has 0 aromatic carbocycles. The summed E-state index contributed by atoms with van der Waals surface area (Å²) in [6.07, 6.45) is 64.0. The first-order valence-electron chi connectivity index (χ1n) is 42.5. The number of carbonyl (C=O) groups excluding carboxylic acids is 4. The molecular weight excluding hydrogens is 1320 g/mol. The number of carbonyl (C=O) groups is 4. The number of phosphoric acid groups is 2. The van der Waals surface area contributed by atoms with Crippen LogP contribution in [0.2, 0.25) is 0 Å². The molecule has 0 amide bonds. The summed E-state index contributed by atoms with van der Waals surface area (Å²) in [5.41, 5.74) is 0. The zero-order valence-corrected chi connectivity index (χ0v) is 68.0. The van der Waals surface area contributed by atoms with Crippen molar-refractivity contribution in [2.24, 2.45) is 11.8 Å². The number of hydrogen-bond donors (Lipinski definition) is 3. The smallest absolute Gasteiger partial charge is 0.462 e. The third-order valence-corrected chi connectivity index (χ3v) is 21.1. The SMILES string of the molecule is CCCCCCCCCCCCCCCCCCCCCCCC(=O)O[C@H](COC(=O)CCCCCCCCCCCCCCCC(C)C)COP(=O)(O)OC[C@@H](O)COP(=O)(O)OC[C@@H](COC(=O)CCCCCCCCCC(C)C)OC(=O)CCCCCCCCCCCCCCCC. The number of ether oxygens (including phenoxy) is 4. The van der Waals surface area contributed by atoms with Gasteiger partial charge in [0.1, 0.15) is 19.3 Å². The van der Waals surface area contributed by atoms with E-state index in [9.17, 15) is 43.2 Å². The van der Waals surface area contributed by atoms with E-state index in [1.165, 1.54) is 244 Å². The molecule has 0 radical (unpaired) electrons. The average molecular weight is 1480 g/mol. The molecule has 5 atom stereocenters. The fraction of sp³-hybridized carbons (Fsp3) is 0.951. The Morgan fingerprint density at radius 1 is 0.267 bits per heavy atom. The highest BCUT2D eigenvalue weighted by Gasteiger charge is 2.30. The average Bonchev–Trinajstić information content (AvgIpc) is 0.957. The highest BCUT2D eigenvalue weighted by atomic mass is 31.2. The number of aliphatic hydroxyl groups is 1. The van der Waals surface area contributed by atoms with Crippen molar-refractivity contribution in [3.05, 3.63) is 0 Å². The summed E-state index contributed by atoms with van der Waals surface area (Å²) in [4.78, 5) is 73.0. The maximum Gasteiger partial charge on any atom is 0.472 e. The largest absolute Gasteiger partial charge is 0.472 e. The first-order valence-corrected chi connectivity index (χ1v) is 45.5. The van der Waals surface area contributed by atoms with Crippen molar-refractivity contribution in [3.8, 4) is 0 Å². The summed E-state index contributed by atoms with van der Waals surface area (Å²) in [5, 5.41) is 10.6. The van der Waals surface area contributed by atoms with Crippen LogP contribution in [-0.4, -0.2) is 96.7 Å². The second kappa shape index (κ2) is 73.6. The van der Waals surface area contributed by atoms with E-state index in [-0.39, 0.29) is 25.7 Å². The topological polar surface area (TPSA) is 237 Å². The lowest BCUT2D eigenvalue weighted by atomic mass is 10.0. The number of phosphoric ester groups is 2. The van der Waals surface area contributed by atoms with Gasteiger partial charge >= 0.3 is 39.5 Å². The van der Waals surface area contributed by atoms with Gasteiger partial charge in [0.25, 0.3) is 0 Å². The van der Waals surface area contributed by atoms with Crippen molar-refractivity contribution in [1.29, 1.82) is 0 Å². The Morgan fingerprint density at radius 2 is 0.455 bits per heavy atom. The quantitative estimate of drug-likeness (QED) is 0.0222. The Hall–Kier alpha value is -1.94. The summed E-state index contributed by atoms with van der Waals surface area (Å²) in [6.45, 7) is 9.60. The highest BCUT2D eigenvalue weighted by Crippen LogP contribution is 2.45. The molecule has 0 saturated heterocycles. The summed E-state index contributed by atoms with van der Waals surface area (Å²) in [6, 6.07) is 0. The molecule has 0 aliphatic carbocycles. The van der Waals surface area contributed by atoms with E-state index in [1.54, 1.807) is 0 Å². The lowest BCUT2D eigenvalue weighted by Gasteiger charge is -2.21. The van der Waals surface area contributed by atoms with Crippen LogP contribution in [0.1, 0.15) is 433 Å². The van der Waals surface area contributed by atoms with Crippen LogP contribution in [0.5, 0.6) is 0 Å². The molecule has 3 N–H and O–H groups in total.